The number of aromatic nitrogens is 2. The van der Waals surface area contributed by atoms with E-state index in [0.717, 1.165) is 24.5 Å². The second-order valence-electron chi connectivity index (χ2n) is 4.09. The van der Waals surface area contributed by atoms with Crippen LogP contribution in [0.25, 0.3) is 0 Å². The summed E-state index contributed by atoms with van der Waals surface area (Å²) in [4.78, 5) is 4.30. The normalized spacial score (nSPS) is 23.3. The molecule has 1 aliphatic rings. The average molecular weight is 214 g/mol. The van der Waals surface area contributed by atoms with Crippen molar-refractivity contribution in [1.82, 2.24) is 9.55 Å². The molecule has 4 heteroatoms. The quantitative estimate of drug-likeness (QED) is 0.776. The van der Waals surface area contributed by atoms with E-state index in [1.54, 1.807) is 0 Å². The maximum absolute atomic E-state index is 6.11. The largest absolute Gasteiger partial charge is 0.331 e. The molecule has 2 N–H and O–H groups in total. The van der Waals surface area contributed by atoms with Crippen molar-refractivity contribution in [3.8, 4) is 0 Å². The lowest BCUT2D eigenvalue weighted by Gasteiger charge is -2.27. The number of hydrogen-bond acceptors (Lipinski definition) is 2. The molecule has 0 aromatic carbocycles. The van der Waals surface area contributed by atoms with Gasteiger partial charge in [-0.1, -0.05) is 11.6 Å². The monoisotopic (exact) mass is 213 g/mol. The minimum absolute atomic E-state index is 0.155. The second kappa shape index (κ2) is 3.55. The Bertz CT molecular complexity index is 343. The first kappa shape index (κ1) is 9.99. The van der Waals surface area contributed by atoms with E-state index in [1.165, 1.54) is 6.42 Å². The van der Waals surface area contributed by atoms with Gasteiger partial charge in [-0.05, 0) is 26.7 Å². The molecule has 0 bridgehead atoms. The fourth-order valence-corrected chi connectivity index (χ4v) is 2.66. The fraction of sp³-hybridized carbons (Fsp3) is 0.700. The third kappa shape index (κ3) is 1.44. The van der Waals surface area contributed by atoms with Crippen LogP contribution in [0, 0.1) is 6.92 Å². The summed E-state index contributed by atoms with van der Waals surface area (Å²) in [5, 5.41) is 0.643. The topological polar surface area (TPSA) is 43.8 Å². The Hall–Kier alpha value is -0.540. The molecule has 0 saturated heterocycles. The van der Waals surface area contributed by atoms with Gasteiger partial charge in [0.15, 0.2) is 5.15 Å². The predicted octanol–water partition coefficient (Wildman–Crippen LogP) is 2.07. The molecule has 0 aliphatic carbocycles. The Morgan fingerprint density at radius 1 is 1.64 bits per heavy atom. The molecule has 78 valence electrons. The van der Waals surface area contributed by atoms with Gasteiger partial charge in [0.25, 0.3) is 0 Å². The van der Waals surface area contributed by atoms with Crippen LogP contribution in [0.5, 0.6) is 0 Å². The Morgan fingerprint density at radius 2 is 2.36 bits per heavy atom. The van der Waals surface area contributed by atoms with Crippen molar-refractivity contribution in [3.63, 3.8) is 0 Å². The molecule has 1 aliphatic heterocycles. The molecule has 0 amide bonds. The van der Waals surface area contributed by atoms with Crippen LogP contribution in [0.4, 0.5) is 0 Å². The molecule has 0 saturated carbocycles. The second-order valence-corrected chi connectivity index (χ2v) is 4.45. The van der Waals surface area contributed by atoms with E-state index in [1.807, 2.05) is 13.8 Å². The number of rotatable bonds is 1. The summed E-state index contributed by atoms with van der Waals surface area (Å²) in [5.41, 5.74) is 7.10. The maximum atomic E-state index is 6.11. The third-order valence-corrected chi connectivity index (χ3v) is 3.31. The van der Waals surface area contributed by atoms with Gasteiger partial charge in [0.2, 0.25) is 0 Å². The smallest absolute Gasteiger partial charge is 0.150 e. The minimum Gasteiger partial charge on any atom is -0.331 e. The molecule has 0 fully saturated rings. The van der Waals surface area contributed by atoms with E-state index in [4.69, 9.17) is 17.3 Å². The number of nitrogens with two attached hydrogens (primary N) is 1. The maximum Gasteiger partial charge on any atom is 0.150 e. The molecule has 2 atom stereocenters. The summed E-state index contributed by atoms with van der Waals surface area (Å²) in [7, 11) is 0. The standard InChI is InChI=1S/C10H16ClN3/c1-6(12)8-4-3-5-14-7(2)13-10(11)9(8)14/h6,8H,3-5,12H2,1-2H3. The molecular weight excluding hydrogens is 198 g/mol. The fourth-order valence-electron chi connectivity index (χ4n) is 2.30. The van der Waals surface area contributed by atoms with E-state index in [2.05, 4.69) is 9.55 Å². The Balaban J connectivity index is 2.48. The molecule has 14 heavy (non-hydrogen) atoms. The van der Waals surface area contributed by atoms with Gasteiger partial charge in [-0.3, -0.25) is 0 Å². The van der Waals surface area contributed by atoms with Crippen molar-refractivity contribution < 1.29 is 0 Å². The number of hydrogen-bond donors (Lipinski definition) is 1. The van der Waals surface area contributed by atoms with Crippen LogP contribution in [-0.2, 0) is 6.54 Å². The Labute approximate surface area is 89.3 Å². The van der Waals surface area contributed by atoms with Crippen molar-refractivity contribution in [3.05, 3.63) is 16.7 Å². The number of halogens is 1. The number of imidazole rings is 1. The molecule has 1 aromatic rings. The van der Waals surface area contributed by atoms with Crippen LogP contribution < -0.4 is 5.73 Å². The summed E-state index contributed by atoms with van der Waals surface area (Å²) in [5.74, 6) is 1.38. The predicted molar refractivity (Wildman–Crippen MR) is 57.6 cm³/mol. The van der Waals surface area contributed by atoms with Crippen LogP contribution in [0.1, 0.15) is 37.2 Å². The van der Waals surface area contributed by atoms with E-state index >= 15 is 0 Å². The lowest BCUT2D eigenvalue weighted by Crippen LogP contribution is -2.30. The highest BCUT2D eigenvalue weighted by molar-refractivity contribution is 6.30. The summed E-state index contributed by atoms with van der Waals surface area (Å²) in [6.07, 6.45) is 2.30. The Kier molecular flexibility index (Phi) is 2.54. The molecule has 2 heterocycles. The van der Waals surface area contributed by atoms with Crippen molar-refractivity contribution >= 4 is 11.6 Å². The molecule has 2 rings (SSSR count). The number of fused-ring (bicyclic) bond motifs is 1. The van der Waals surface area contributed by atoms with Gasteiger partial charge in [-0.15, -0.1) is 0 Å². The highest BCUT2D eigenvalue weighted by Gasteiger charge is 2.28. The van der Waals surface area contributed by atoms with Gasteiger partial charge in [0.1, 0.15) is 5.82 Å². The molecule has 1 aromatic heterocycles. The lowest BCUT2D eigenvalue weighted by atomic mass is 9.90. The van der Waals surface area contributed by atoms with Gasteiger partial charge >= 0.3 is 0 Å². The van der Waals surface area contributed by atoms with E-state index in [0.29, 0.717) is 11.1 Å². The summed E-state index contributed by atoms with van der Waals surface area (Å²) >= 11 is 6.11. The first-order valence-electron chi connectivity index (χ1n) is 5.09. The number of nitrogens with zero attached hydrogens (tertiary/aromatic N) is 2. The van der Waals surface area contributed by atoms with Gasteiger partial charge in [0, 0.05) is 18.5 Å². The van der Waals surface area contributed by atoms with Crippen molar-refractivity contribution in [2.75, 3.05) is 0 Å². The van der Waals surface area contributed by atoms with Crippen molar-refractivity contribution in [2.45, 2.75) is 45.2 Å². The highest BCUT2D eigenvalue weighted by atomic mass is 35.5. The van der Waals surface area contributed by atoms with Gasteiger partial charge in [-0.25, -0.2) is 4.98 Å². The average Bonchev–Trinajstić information content (AvgIpc) is 2.43. The van der Waals surface area contributed by atoms with Crippen LogP contribution >= 0.6 is 11.6 Å². The van der Waals surface area contributed by atoms with E-state index < -0.39 is 0 Å². The van der Waals surface area contributed by atoms with Gasteiger partial charge in [0.05, 0.1) is 5.69 Å². The zero-order chi connectivity index (χ0) is 10.3. The van der Waals surface area contributed by atoms with Gasteiger partial charge in [-0.2, -0.15) is 0 Å². The summed E-state index contributed by atoms with van der Waals surface area (Å²) in [6.45, 7) is 5.07. The zero-order valence-corrected chi connectivity index (χ0v) is 9.38. The first-order chi connectivity index (χ1) is 6.61. The van der Waals surface area contributed by atoms with Gasteiger partial charge < -0.3 is 10.3 Å². The lowest BCUT2D eigenvalue weighted by molar-refractivity contribution is 0.409. The van der Waals surface area contributed by atoms with Crippen LogP contribution in [0.3, 0.4) is 0 Å². The first-order valence-corrected chi connectivity index (χ1v) is 5.47. The summed E-state index contributed by atoms with van der Waals surface area (Å²) in [6, 6.07) is 0.155. The van der Waals surface area contributed by atoms with Crippen LogP contribution in [0.2, 0.25) is 5.15 Å². The zero-order valence-electron chi connectivity index (χ0n) is 8.63. The highest BCUT2D eigenvalue weighted by Crippen LogP contribution is 2.34. The van der Waals surface area contributed by atoms with Crippen LogP contribution in [-0.4, -0.2) is 15.6 Å². The minimum atomic E-state index is 0.155. The molecule has 3 nitrogen and oxygen atoms in total. The van der Waals surface area contributed by atoms with E-state index in [-0.39, 0.29) is 6.04 Å². The SMILES string of the molecule is Cc1nc(Cl)c2n1CCCC2C(C)N. The molecule has 2 unspecified atom stereocenters. The molecule has 0 radical (unpaired) electrons. The Morgan fingerprint density at radius 3 is 3.00 bits per heavy atom. The molecule has 0 spiro atoms. The van der Waals surface area contributed by atoms with E-state index in [9.17, 15) is 0 Å². The van der Waals surface area contributed by atoms with Crippen LogP contribution in [0.15, 0.2) is 0 Å². The number of aryl methyl sites for hydroxylation is 1. The van der Waals surface area contributed by atoms with Crippen molar-refractivity contribution in [2.24, 2.45) is 5.73 Å². The molecular formula is C10H16ClN3. The third-order valence-electron chi connectivity index (χ3n) is 3.04. The van der Waals surface area contributed by atoms with Crippen molar-refractivity contribution in [1.29, 1.82) is 0 Å². The summed E-state index contributed by atoms with van der Waals surface area (Å²) < 4.78 is 2.21.